The van der Waals surface area contributed by atoms with Gasteiger partial charge in [0.25, 0.3) is 5.69 Å². The van der Waals surface area contributed by atoms with Gasteiger partial charge in [0.2, 0.25) is 5.79 Å². The Morgan fingerprint density at radius 3 is 2.50 bits per heavy atom. The molecule has 0 bridgehead atoms. The Kier molecular flexibility index (Phi) is 13.5. The molecule has 2 N–H and O–H groups in total. The van der Waals surface area contributed by atoms with Gasteiger partial charge in [-0.25, -0.2) is 0 Å². The maximum atomic E-state index is 11.3. The molecule has 6 unspecified atom stereocenters. The molecule has 6 atom stereocenters. The topological polar surface area (TPSA) is 136 Å². The first-order chi connectivity index (χ1) is 27.4. The number of allylic oxidation sites excluding steroid dienone is 1. The summed E-state index contributed by atoms with van der Waals surface area (Å²) in [7, 11) is 0. The summed E-state index contributed by atoms with van der Waals surface area (Å²) in [5.74, 6) is 0.516. The van der Waals surface area contributed by atoms with Gasteiger partial charge < -0.3 is 29.3 Å². The molecule has 0 spiro atoms. The zero-order chi connectivity index (χ0) is 38.9. The van der Waals surface area contributed by atoms with Gasteiger partial charge in [0, 0.05) is 67.8 Å². The van der Waals surface area contributed by atoms with Crippen molar-refractivity contribution in [1.29, 1.82) is 0 Å². The number of ether oxygens (including phenoxy) is 3. The first-order valence-corrected chi connectivity index (χ1v) is 20.8. The minimum atomic E-state index is -1.09. The third-order valence-electron chi connectivity index (χ3n) is 11.4. The van der Waals surface area contributed by atoms with Crippen LogP contribution in [0.25, 0.3) is 0 Å². The van der Waals surface area contributed by atoms with Gasteiger partial charge in [0.1, 0.15) is 24.7 Å². The lowest BCUT2D eigenvalue weighted by Crippen LogP contribution is -2.64. The third kappa shape index (κ3) is 9.16. The molecule has 1 saturated heterocycles. The Balaban J connectivity index is 1.35. The Labute approximate surface area is 333 Å². The van der Waals surface area contributed by atoms with Crippen molar-refractivity contribution in [3.8, 4) is 11.5 Å². The van der Waals surface area contributed by atoms with Crippen LogP contribution in [-0.4, -0.2) is 82.8 Å². The van der Waals surface area contributed by atoms with E-state index in [0.717, 1.165) is 84.1 Å². The highest BCUT2D eigenvalue weighted by Crippen LogP contribution is 2.63. The molecule has 4 aliphatic rings. The normalized spacial score (nSPS) is 25.7. The summed E-state index contributed by atoms with van der Waals surface area (Å²) in [6, 6.07) is 22.8. The van der Waals surface area contributed by atoms with Crippen molar-refractivity contribution in [2.45, 2.75) is 73.4 Å². The monoisotopic (exact) mass is 783 g/mol. The molecule has 0 radical (unpaired) electrons. The number of thioether (sulfide) groups is 1. The van der Waals surface area contributed by atoms with Crippen molar-refractivity contribution in [2.24, 2.45) is 22.9 Å². The number of nitrogens with zero attached hydrogens (tertiary/aromatic N) is 3. The average Bonchev–Trinajstić information content (AvgIpc) is 4.04. The van der Waals surface area contributed by atoms with E-state index < -0.39 is 10.7 Å². The Morgan fingerprint density at radius 1 is 1.02 bits per heavy atom. The van der Waals surface area contributed by atoms with Crippen molar-refractivity contribution >= 4 is 23.2 Å². The van der Waals surface area contributed by atoms with E-state index in [1.54, 1.807) is 30.0 Å². The number of fused-ring (bicyclic) bond motifs is 2. The fourth-order valence-corrected chi connectivity index (χ4v) is 9.97. The van der Waals surface area contributed by atoms with Crippen LogP contribution in [0.15, 0.2) is 107 Å². The Bertz CT molecular complexity index is 1850. The number of hydrogen-bond donors (Lipinski definition) is 2. The Morgan fingerprint density at radius 2 is 1.79 bits per heavy atom. The van der Waals surface area contributed by atoms with Gasteiger partial charge >= 0.3 is 0 Å². The van der Waals surface area contributed by atoms with Crippen molar-refractivity contribution < 1.29 is 34.2 Å². The van der Waals surface area contributed by atoms with Gasteiger partial charge in [-0.05, 0) is 91.1 Å². The number of aliphatic hydroxyl groups excluding tert-OH is 2. The molecule has 0 aromatic heterocycles. The van der Waals surface area contributed by atoms with E-state index >= 15 is 0 Å². The molecule has 11 nitrogen and oxygen atoms in total. The van der Waals surface area contributed by atoms with Gasteiger partial charge in [-0.2, -0.15) is 0 Å². The molecule has 3 aromatic rings. The van der Waals surface area contributed by atoms with Crippen LogP contribution in [-0.2, 0) is 16.2 Å². The third-order valence-corrected chi connectivity index (χ3v) is 12.7. The molecule has 298 valence electrons. The lowest BCUT2D eigenvalue weighted by molar-refractivity contribution is -0.384. The van der Waals surface area contributed by atoms with Crippen LogP contribution >= 0.6 is 11.8 Å². The van der Waals surface area contributed by atoms with Crippen LogP contribution in [0.5, 0.6) is 11.5 Å². The predicted octanol–water partition coefficient (Wildman–Crippen LogP) is 7.92. The standard InChI is InChI=1S/C44H53N3O8S/c1-2-25-53-44-41(56-35-11-4-3-5-12-35)29-39(45-54-30-31-14-16-33(17-15-31)47(50)51)37-27-32(10-6-8-23-48)36(13-7-9-24-49)42(43(37)44)38-28-34(18-19-40(38)55-44)52-26-22-46-20-21-46/h2-5,11-12,14-19,27-28,32,36,41-43,48-49H,1,6-10,13,20-26,29-30H2. The van der Waals surface area contributed by atoms with Gasteiger partial charge in [-0.3, -0.25) is 15.0 Å². The summed E-state index contributed by atoms with van der Waals surface area (Å²) < 4.78 is 20.7. The fraction of sp³-hybridized carbons (Fsp3) is 0.477. The van der Waals surface area contributed by atoms with E-state index in [-0.39, 0.29) is 61.0 Å². The molecule has 12 heteroatoms. The number of rotatable bonds is 21. The molecular formula is C44H53N3O8S. The lowest BCUT2D eigenvalue weighted by atomic mass is 9.56. The summed E-state index contributed by atoms with van der Waals surface area (Å²) in [6.07, 6.45) is 9.61. The molecule has 2 fully saturated rings. The molecule has 2 heterocycles. The highest BCUT2D eigenvalue weighted by Gasteiger charge is 2.64. The first kappa shape index (κ1) is 40.0. The summed E-state index contributed by atoms with van der Waals surface area (Å²) >= 11 is 1.71. The van der Waals surface area contributed by atoms with Gasteiger partial charge in [0.05, 0.1) is 28.4 Å². The van der Waals surface area contributed by atoms with E-state index in [9.17, 15) is 20.3 Å². The summed E-state index contributed by atoms with van der Waals surface area (Å²) in [5.41, 5.74) is 3.75. The second-order valence-electron chi connectivity index (χ2n) is 15.1. The predicted molar refractivity (Wildman–Crippen MR) is 217 cm³/mol. The van der Waals surface area contributed by atoms with Crippen LogP contribution < -0.4 is 9.47 Å². The number of unbranched alkanes of at least 4 members (excludes halogenated alkanes) is 2. The molecule has 0 amide bonds. The minimum Gasteiger partial charge on any atom is -0.492 e. The minimum absolute atomic E-state index is 0.0231. The smallest absolute Gasteiger partial charge is 0.269 e. The fourth-order valence-electron chi connectivity index (χ4n) is 8.66. The van der Waals surface area contributed by atoms with Crippen LogP contribution in [0.4, 0.5) is 5.69 Å². The van der Waals surface area contributed by atoms with E-state index in [2.05, 4.69) is 35.8 Å². The van der Waals surface area contributed by atoms with E-state index in [1.165, 1.54) is 12.1 Å². The van der Waals surface area contributed by atoms with E-state index in [0.29, 0.717) is 25.9 Å². The number of nitro groups is 1. The SMILES string of the molecule is C=CCOC12Oc3ccc(OCCN4CC4)cc3C3C(CCCCO)C(CCCCO)C=C(C(=NOCc4ccc([N+](=O)[O-])cc4)CC1Sc1ccccc1)C32. The molecule has 3 aromatic carbocycles. The second kappa shape index (κ2) is 18.8. The molecular weight excluding hydrogens is 731 g/mol. The number of benzene rings is 3. The number of hydrogen-bond acceptors (Lipinski definition) is 11. The zero-order valence-electron chi connectivity index (χ0n) is 31.9. The second-order valence-corrected chi connectivity index (χ2v) is 16.3. The summed E-state index contributed by atoms with van der Waals surface area (Å²) in [6.45, 7) is 8.47. The van der Waals surface area contributed by atoms with Gasteiger partial charge in [0.15, 0.2) is 0 Å². The number of oxime groups is 1. The highest BCUT2D eigenvalue weighted by atomic mass is 32.2. The number of nitro benzene ring substituents is 1. The molecule has 7 rings (SSSR count). The maximum absolute atomic E-state index is 11.3. The molecule has 56 heavy (non-hydrogen) atoms. The lowest BCUT2D eigenvalue weighted by Gasteiger charge is -2.58. The number of aliphatic hydroxyl groups is 2. The van der Waals surface area contributed by atoms with E-state index in [4.69, 9.17) is 24.2 Å². The largest absolute Gasteiger partial charge is 0.492 e. The Hall–Kier alpha value is -4.20. The highest BCUT2D eigenvalue weighted by molar-refractivity contribution is 8.00. The van der Waals surface area contributed by atoms with Crippen LogP contribution in [0.3, 0.4) is 0 Å². The molecule has 2 aliphatic heterocycles. The van der Waals surface area contributed by atoms with Crippen LogP contribution in [0.1, 0.15) is 62.0 Å². The van der Waals surface area contributed by atoms with Crippen molar-refractivity contribution in [3.63, 3.8) is 0 Å². The molecule has 2 aliphatic carbocycles. The maximum Gasteiger partial charge on any atom is 0.269 e. The summed E-state index contributed by atoms with van der Waals surface area (Å²) in [4.78, 5) is 20.4. The summed E-state index contributed by atoms with van der Waals surface area (Å²) in [5, 5.41) is 35.6. The average molecular weight is 784 g/mol. The van der Waals surface area contributed by atoms with Crippen molar-refractivity contribution in [3.05, 3.63) is 118 Å². The zero-order valence-corrected chi connectivity index (χ0v) is 32.7. The van der Waals surface area contributed by atoms with Gasteiger partial charge in [-0.15, -0.1) is 18.3 Å². The molecule has 1 saturated carbocycles. The van der Waals surface area contributed by atoms with Gasteiger partial charge in [-0.1, -0.05) is 48.3 Å². The first-order valence-electron chi connectivity index (χ1n) is 19.9. The van der Waals surface area contributed by atoms with Crippen LogP contribution in [0, 0.1) is 27.9 Å². The number of non-ortho nitro benzene ring substituents is 1. The quantitative estimate of drug-likeness (QED) is 0.0361. The van der Waals surface area contributed by atoms with Crippen molar-refractivity contribution in [2.75, 3.05) is 46.1 Å². The van der Waals surface area contributed by atoms with Crippen molar-refractivity contribution in [1.82, 2.24) is 4.90 Å². The van der Waals surface area contributed by atoms with E-state index in [1.807, 2.05) is 30.3 Å². The van der Waals surface area contributed by atoms with Crippen LogP contribution in [0.2, 0.25) is 0 Å².